The molecule has 0 aliphatic carbocycles. The molecule has 7 heteroatoms. The van der Waals surface area contributed by atoms with E-state index in [4.69, 9.17) is 0 Å². The number of hydrogen-bond donors (Lipinski definition) is 0. The van der Waals surface area contributed by atoms with Gasteiger partial charge in [-0.15, -0.1) is 0 Å². The first-order valence-electron chi connectivity index (χ1n) is 17.0. The van der Waals surface area contributed by atoms with Crippen LogP contribution < -0.4 is 0 Å². The molecule has 10 aromatic rings. The fourth-order valence-electron chi connectivity index (χ4n) is 8.14. The minimum atomic E-state index is -4.12. The number of para-hydroxylation sites is 3. The van der Waals surface area contributed by atoms with Crippen molar-refractivity contribution in [2.45, 2.75) is 11.8 Å². The van der Waals surface area contributed by atoms with Crippen molar-refractivity contribution in [3.8, 4) is 16.8 Å². The molecule has 52 heavy (non-hydrogen) atoms. The van der Waals surface area contributed by atoms with Crippen LogP contribution >= 0.6 is 15.9 Å². The monoisotopic (exact) mass is 758 g/mol. The molecule has 0 fully saturated rings. The highest BCUT2D eigenvalue weighted by Crippen LogP contribution is 2.48. The van der Waals surface area contributed by atoms with Gasteiger partial charge in [0.15, 0.2) is 0 Å². The van der Waals surface area contributed by atoms with Crippen LogP contribution in [0.5, 0.6) is 0 Å². The highest BCUT2D eigenvalue weighted by Gasteiger charge is 2.29. The lowest BCUT2D eigenvalue weighted by molar-refractivity contribution is 0.590. The summed E-state index contributed by atoms with van der Waals surface area (Å²) in [5, 5.41) is 7.19. The molecule has 0 aliphatic rings. The van der Waals surface area contributed by atoms with Crippen LogP contribution in [0.3, 0.4) is 0 Å². The van der Waals surface area contributed by atoms with Crippen LogP contribution in [-0.2, 0) is 10.0 Å². The van der Waals surface area contributed by atoms with Crippen molar-refractivity contribution in [1.29, 1.82) is 0 Å². The van der Waals surface area contributed by atoms with Crippen LogP contribution in [0, 0.1) is 12.7 Å². The summed E-state index contributed by atoms with van der Waals surface area (Å²) in [6.07, 6.45) is 0. The first kappa shape index (κ1) is 31.0. The molecule has 0 unspecified atom stereocenters. The summed E-state index contributed by atoms with van der Waals surface area (Å²) in [6.45, 7) is 1.94. The Morgan fingerprint density at radius 1 is 0.538 bits per heavy atom. The summed E-state index contributed by atoms with van der Waals surface area (Å²) in [6, 6.07) is 48.3. The van der Waals surface area contributed by atoms with Gasteiger partial charge < -0.3 is 4.57 Å². The molecule has 10 rings (SSSR count). The van der Waals surface area contributed by atoms with Crippen molar-refractivity contribution in [1.82, 2.24) is 8.54 Å². The number of halogens is 2. The van der Waals surface area contributed by atoms with Crippen LogP contribution in [0.25, 0.3) is 82.0 Å². The van der Waals surface area contributed by atoms with Gasteiger partial charge in [0.05, 0.1) is 32.6 Å². The Hall–Kier alpha value is -5.76. The predicted molar refractivity (Wildman–Crippen MR) is 216 cm³/mol. The number of aryl methyl sites for hydroxylation is 1. The first-order chi connectivity index (χ1) is 25.3. The average molecular weight is 760 g/mol. The van der Waals surface area contributed by atoms with Crippen LogP contribution in [0.15, 0.2) is 161 Å². The van der Waals surface area contributed by atoms with E-state index < -0.39 is 10.0 Å². The summed E-state index contributed by atoms with van der Waals surface area (Å²) in [7, 11) is -4.12. The van der Waals surface area contributed by atoms with Crippen LogP contribution in [0.1, 0.15) is 5.56 Å². The van der Waals surface area contributed by atoms with Gasteiger partial charge in [-0.3, -0.25) is 0 Å². The van der Waals surface area contributed by atoms with Crippen molar-refractivity contribution >= 4 is 91.1 Å². The minimum absolute atomic E-state index is 0.194. The van der Waals surface area contributed by atoms with Gasteiger partial charge in [0.25, 0.3) is 10.0 Å². The largest absolute Gasteiger partial charge is 0.305 e. The maximum Gasteiger partial charge on any atom is 0.268 e. The lowest BCUT2D eigenvalue weighted by Gasteiger charge is -2.22. The number of nitrogens with zero attached hydrogens (tertiary/aromatic N) is 2. The predicted octanol–water partition coefficient (Wildman–Crippen LogP) is 12.3. The number of aromatic nitrogens is 2. The number of hydrogen-bond acceptors (Lipinski definition) is 2. The number of fused-ring (bicyclic) bond motifs is 9. The Kier molecular flexibility index (Phi) is 6.78. The normalized spacial score (nSPS) is 12.3. The molecule has 0 aliphatic heterocycles. The maximum absolute atomic E-state index is 16.4. The van der Waals surface area contributed by atoms with Gasteiger partial charge in [-0.2, -0.15) is 0 Å². The zero-order chi connectivity index (χ0) is 35.3. The Labute approximate surface area is 307 Å². The molecule has 0 bridgehead atoms. The van der Waals surface area contributed by atoms with E-state index in [0.29, 0.717) is 16.6 Å². The third-order valence-electron chi connectivity index (χ3n) is 10.3. The molecule has 8 aromatic carbocycles. The summed E-state index contributed by atoms with van der Waals surface area (Å²) in [5.41, 5.74) is 5.71. The second-order valence-electron chi connectivity index (χ2n) is 13.2. The lowest BCUT2D eigenvalue weighted by atomic mass is 9.90. The van der Waals surface area contributed by atoms with E-state index in [1.165, 1.54) is 10.0 Å². The summed E-state index contributed by atoms with van der Waals surface area (Å²) in [5.74, 6) is -0.338. The quantitative estimate of drug-likeness (QED) is 0.168. The number of benzene rings is 8. The summed E-state index contributed by atoms with van der Waals surface area (Å²) in [4.78, 5) is 0.194. The average Bonchev–Trinajstić information content (AvgIpc) is 3.70. The Balaban J connectivity index is 1.48. The van der Waals surface area contributed by atoms with Crippen molar-refractivity contribution in [3.63, 3.8) is 0 Å². The molecule has 4 nitrogen and oxygen atoms in total. The Morgan fingerprint density at radius 3 is 1.88 bits per heavy atom. The molecule has 0 saturated heterocycles. The first-order valence-corrected chi connectivity index (χ1v) is 19.2. The van der Waals surface area contributed by atoms with Crippen molar-refractivity contribution in [2.24, 2.45) is 0 Å². The van der Waals surface area contributed by atoms with Gasteiger partial charge in [-0.05, 0) is 59.5 Å². The maximum atomic E-state index is 16.4. The molecular formula is C45H28BrFN2O2S. The van der Waals surface area contributed by atoms with Gasteiger partial charge in [0, 0.05) is 42.5 Å². The summed E-state index contributed by atoms with van der Waals surface area (Å²) >= 11 is 3.77. The molecule has 0 atom stereocenters. The molecule has 0 amide bonds. The van der Waals surface area contributed by atoms with Crippen molar-refractivity contribution in [2.75, 3.05) is 0 Å². The molecular weight excluding hydrogens is 731 g/mol. The molecule has 0 saturated carbocycles. The SMILES string of the molecule is Cc1ccc(S(=O)(=O)n2c3cccc(Br)c3c3cccc(-c4c(-n5c6ccccc6c6cccc(F)c65)c5ccccc5c5ccccc45)c32)cc1. The van der Waals surface area contributed by atoms with E-state index in [1.807, 2.05) is 115 Å². The van der Waals surface area contributed by atoms with E-state index in [2.05, 4.69) is 40.2 Å². The lowest BCUT2D eigenvalue weighted by Crippen LogP contribution is -2.13. The Morgan fingerprint density at radius 2 is 1.12 bits per heavy atom. The molecule has 0 N–H and O–H groups in total. The van der Waals surface area contributed by atoms with Gasteiger partial charge in [-0.25, -0.2) is 16.8 Å². The minimum Gasteiger partial charge on any atom is -0.305 e. The second kappa shape index (κ2) is 11.4. The van der Waals surface area contributed by atoms with E-state index >= 15 is 12.8 Å². The van der Waals surface area contributed by atoms with E-state index in [9.17, 15) is 0 Å². The number of rotatable bonds is 4. The standard InChI is InChI=1S/C45H28BrFN2O2S/c1-27-23-25-28(26-24-27)52(50,51)49-40-22-10-19-37(46)42(40)36-18-8-17-35(43(36)49)41-32-14-4-2-11-29(32)30-12-3-5-15-33(30)45(41)48-39-21-7-6-13-31(39)34-16-9-20-38(47)44(34)48/h2-26H,1H3. The molecule has 2 aromatic heterocycles. The summed E-state index contributed by atoms with van der Waals surface area (Å²) < 4.78 is 50.7. The fraction of sp³-hybridized carbons (Fsp3) is 0.0222. The zero-order valence-electron chi connectivity index (χ0n) is 27.8. The third-order valence-corrected chi connectivity index (χ3v) is 12.7. The molecule has 250 valence electrons. The molecule has 0 radical (unpaired) electrons. The highest BCUT2D eigenvalue weighted by atomic mass is 79.9. The second-order valence-corrected chi connectivity index (χ2v) is 15.9. The van der Waals surface area contributed by atoms with E-state index in [1.54, 1.807) is 18.2 Å². The van der Waals surface area contributed by atoms with Gasteiger partial charge in [-0.1, -0.05) is 137 Å². The van der Waals surface area contributed by atoms with Crippen LogP contribution in [0.2, 0.25) is 0 Å². The van der Waals surface area contributed by atoms with Crippen molar-refractivity contribution in [3.05, 3.63) is 168 Å². The topological polar surface area (TPSA) is 44.0 Å². The molecule has 2 heterocycles. The smallest absolute Gasteiger partial charge is 0.268 e. The van der Waals surface area contributed by atoms with E-state index in [-0.39, 0.29) is 10.7 Å². The van der Waals surface area contributed by atoms with Crippen molar-refractivity contribution < 1.29 is 12.8 Å². The van der Waals surface area contributed by atoms with Gasteiger partial charge in [0.2, 0.25) is 0 Å². The van der Waals surface area contributed by atoms with Crippen LogP contribution in [0.4, 0.5) is 4.39 Å². The van der Waals surface area contributed by atoms with Gasteiger partial charge in [0.1, 0.15) is 5.82 Å². The fourth-order valence-corrected chi connectivity index (χ4v) is 10.2. The Bertz CT molecular complexity index is 3230. The van der Waals surface area contributed by atoms with Gasteiger partial charge >= 0.3 is 0 Å². The highest BCUT2D eigenvalue weighted by molar-refractivity contribution is 9.10. The van der Waals surface area contributed by atoms with Crippen LogP contribution in [-0.4, -0.2) is 17.0 Å². The zero-order valence-corrected chi connectivity index (χ0v) is 30.2. The third kappa shape index (κ3) is 4.27. The molecule has 0 spiro atoms. The van der Waals surface area contributed by atoms with E-state index in [0.717, 1.165) is 75.5 Å².